The number of aliphatic hydroxyl groups excluding tert-OH is 1. The number of amides is 2. The highest BCUT2D eigenvalue weighted by Gasteiger charge is 2.00. The van der Waals surface area contributed by atoms with Crippen molar-refractivity contribution < 1.29 is 9.90 Å². The first-order valence-corrected chi connectivity index (χ1v) is 3.48. The van der Waals surface area contributed by atoms with Crippen molar-refractivity contribution in [2.75, 3.05) is 13.2 Å². The SMILES string of the molecule is C=CC(C)NC(=O)NCCO. The van der Waals surface area contributed by atoms with E-state index >= 15 is 0 Å². The first-order valence-electron chi connectivity index (χ1n) is 3.48. The van der Waals surface area contributed by atoms with Gasteiger partial charge in [-0.05, 0) is 6.92 Å². The molecule has 0 aromatic rings. The van der Waals surface area contributed by atoms with E-state index in [9.17, 15) is 4.79 Å². The molecule has 11 heavy (non-hydrogen) atoms. The Labute approximate surface area is 66.3 Å². The minimum absolute atomic E-state index is 0.0457. The highest BCUT2D eigenvalue weighted by Crippen LogP contribution is 1.79. The molecule has 0 saturated heterocycles. The van der Waals surface area contributed by atoms with Crippen molar-refractivity contribution in [1.82, 2.24) is 10.6 Å². The van der Waals surface area contributed by atoms with Gasteiger partial charge in [-0.25, -0.2) is 4.79 Å². The summed E-state index contributed by atoms with van der Waals surface area (Å²) in [4.78, 5) is 10.8. The minimum atomic E-state index is -0.286. The molecule has 0 aliphatic carbocycles. The quantitative estimate of drug-likeness (QED) is 0.498. The lowest BCUT2D eigenvalue weighted by Crippen LogP contribution is -2.40. The zero-order valence-corrected chi connectivity index (χ0v) is 6.63. The molecule has 0 aliphatic heterocycles. The summed E-state index contributed by atoms with van der Waals surface area (Å²) in [5, 5.41) is 13.4. The maximum absolute atomic E-state index is 10.8. The third kappa shape index (κ3) is 5.42. The molecule has 1 unspecified atom stereocenters. The van der Waals surface area contributed by atoms with Gasteiger partial charge in [0.2, 0.25) is 0 Å². The van der Waals surface area contributed by atoms with Gasteiger partial charge in [0, 0.05) is 12.6 Å². The van der Waals surface area contributed by atoms with Crippen LogP contribution in [0, 0.1) is 0 Å². The Kier molecular flexibility index (Phi) is 5.20. The number of aliphatic hydroxyl groups is 1. The second-order valence-corrected chi connectivity index (χ2v) is 2.15. The van der Waals surface area contributed by atoms with Crippen LogP contribution in [0.4, 0.5) is 4.79 Å². The van der Waals surface area contributed by atoms with Gasteiger partial charge in [0.1, 0.15) is 0 Å². The molecule has 1 atom stereocenters. The lowest BCUT2D eigenvalue weighted by molar-refractivity contribution is 0.233. The summed E-state index contributed by atoms with van der Waals surface area (Å²) in [5.74, 6) is 0. The highest BCUT2D eigenvalue weighted by atomic mass is 16.3. The van der Waals surface area contributed by atoms with Gasteiger partial charge < -0.3 is 15.7 Å². The van der Waals surface area contributed by atoms with E-state index in [1.807, 2.05) is 6.92 Å². The van der Waals surface area contributed by atoms with Crippen LogP contribution in [0.15, 0.2) is 12.7 Å². The van der Waals surface area contributed by atoms with E-state index in [0.717, 1.165) is 0 Å². The second-order valence-electron chi connectivity index (χ2n) is 2.15. The number of carbonyl (C=O) groups is 1. The van der Waals surface area contributed by atoms with Crippen molar-refractivity contribution in [3.05, 3.63) is 12.7 Å². The predicted molar refractivity (Wildman–Crippen MR) is 43.3 cm³/mol. The van der Waals surface area contributed by atoms with E-state index in [1.54, 1.807) is 6.08 Å². The smallest absolute Gasteiger partial charge is 0.315 e. The van der Waals surface area contributed by atoms with Crippen LogP contribution in [0.3, 0.4) is 0 Å². The zero-order valence-electron chi connectivity index (χ0n) is 6.63. The van der Waals surface area contributed by atoms with Crippen LogP contribution in [0.2, 0.25) is 0 Å². The Hall–Kier alpha value is -1.03. The van der Waals surface area contributed by atoms with Crippen molar-refractivity contribution in [3.63, 3.8) is 0 Å². The van der Waals surface area contributed by atoms with Crippen LogP contribution in [-0.2, 0) is 0 Å². The van der Waals surface area contributed by atoms with Crippen LogP contribution in [0.5, 0.6) is 0 Å². The molecule has 0 radical (unpaired) electrons. The first kappa shape index (κ1) is 9.97. The van der Waals surface area contributed by atoms with E-state index in [4.69, 9.17) is 5.11 Å². The molecule has 4 heteroatoms. The summed E-state index contributed by atoms with van der Waals surface area (Å²) in [6.45, 7) is 5.54. The Morgan fingerprint density at radius 3 is 2.91 bits per heavy atom. The number of hydrogen-bond donors (Lipinski definition) is 3. The molecule has 0 aromatic heterocycles. The van der Waals surface area contributed by atoms with Crippen LogP contribution in [-0.4, -0.2) is 30.3 Å². The molecule has 0 heterocycles. The standard InChI is InChI=1S/C7H14N2O2/c1-3-6(2)9-7(11)8-4-5-10/h3,6,10H,1,4-5H2,2H3,(H2,8,9,11). The summed E-state index contributed by atoms with van der Waals surface area (Å²) in [6, 6.07) is -0.333. The molecule has 0 rings (SSSR count). The summed E-state index contributed by atoms with van der Waals surface area (Å²) in [5.41, 5.74) is 0. The molecule has 0 fully saturated rings. The van der Waals surface area contributed by atoms with Gasteiger partial charge in [0.15, 0.2) is 0 Å². The van der Waals surface area contributed by atoms with Gasteiger partial charge >= 0.3 is 6.03 Å². The Balaban J connectivity index is 3.43. The topological polar surface area (TPSA) is 61.4 Å². The molecular weight excluding hydrogens is 144 g/mol. The fourth-order valence-corrected chi connectivity index (χ4v) is 0.486. The van der Waals surface area contributed by atoms with Crippen LogP contribution in [0.25, 0.3) is 0 Å². The van der Waals surface area contributed by atoms with Crippen molar-refractivity contribution in [1.29, 1.82) is 0 Å². The van der Waals surface area contributed by atoms with Crippen molar-refractivity contribution in [3.8, 4) is 0 Å². The van der Waals surface area contributed by atoms with Gasteiger partial charge in [-0.2, -0.15) is 0 Å². The van der Waals surface area contributed by atoms with E-state index < -0.39 is 0 Å². The molecule has 4 nitrogen and oxygen atoms in total. The summed E-state index contributed by atoms with van der Waals surface area (Å²) >= 11 is 0. The fourth-order valence-electron chi connectivity index (χ4n) is 0.486. The molecule has 0 bridgehead atoms. The van der Waals surface area contributed by atoms with Gasteiger partial charge in [-0.1, -0.05) is 6.08 Å². The maximum Gasteiger partial charge on any atom is 0.315 e. The lowest BCUT2D eigenvalue weighted by Gasteiger charge is -2.09. The highest BCUT2D eigenvalue weighted by molar-refractivity contribution is 5.74. The predicted octanol–water partition coefficient (Wildman–Crippen LogP) is -0.148. The minimum Gasteiger partial charge on any atom is -0.395 e. The summed E-state index contributed by atoms with van der Waals surface area (Å²) < 4.78 is 0. The molecule has 0 spiro atoms. The van der Waals surface area contributed by atoms with Crippen molar-refractivity contribution in [2.45, 2.75) is 13.0 Å². The molecule has 2 amide bonds. The molecule has 3 N–H and O–H groups in total. The normalized spacial score (nSPS) is 11.8. The Bertz CT molecular complexity index is 136. The van der Waals surface area contributed by atoms with Gasteiger partial charge in [-0.15, -0.1) is 6.58 Å². The Morgan fingerprint density at radius 1 is 1.82 bits per heavy atom. The molecule has 0 saturated carbocycles. The van der Waals surface area contributed by atoms with E-state index in [1.165, 1.54) is 0 Å². The van der Waals surface area contributed by atoms with Gasteiger partial charge in [0.25, 0.3) is 0 Å². The van der Waals surface area contributed by atoms with Gasteiger partial charge in [0.05, 0.1) is 6.61 Å². The fraction of sp³-hybridized carbons (Fsp3) is 0.571. The molecule has 64 valence electrons. The summed E-state index contributed by atoms with van der Waals surface area (Å²) in [6.07, 6.45) is 1.62. The average Bonchev–Trinajstić information content (AvgIpc) is 2.00. The number of rotatable bonds is 4. The van der Waals surface area contributed by atoms with Crippen LogP contribution in [0.1, 0.15) is 6.92 Å². The van der Waals surface area contributed by atoms with Crippen LogP contribution < -0.4 is 10.6 Å². The third-order valence-corrected chi connectivity index (χ3v) is 1.11. The largest absolute Gasteiger partial charge is 0.395 e. The maximum atomic E-state index is 10.8. The number of nitrogens with one attached hydrogen (secondary N) is 2. The Morgan fingerprint density at radius 2 is 2.45 bits per heavy atom. The van der Waals surface area contributed by atoms with Crippen molar-refractivity contribution >= 4 is 6.03 Å². The number of hydrogen-bond acceptors (Lipinski definition) is 2. The van der Waals surface area contributed by atoms with E-state index in [-0.39, 0.29) is 25.2 Å². The van der Waals surface area contributed by atoms with Gasteiger partial charge in [-0.3, -0.25) is 0 Å². The van der Waals surface area contributed by atoms with E-state index in [0.29, 0.717) is 0 Å². The van der Waals surface area contributed by atoms with Crippen LogP contribution >= 0.6 is 0 Å². The second kappa shape index (κ2) is 5.73. The summed E-state index contributed by atoms with van der Waals surface area (Å²) in [7, 11) is 0. The number of carbonyl (C=O) groups excluding carboxylic acids is 1. The van der Waals surface area contributed by atoms with E-state index in [2.05, 4.69) is 17.2 Å². The van der Waals surface area contributed by atoms with Crippen molar-refractivity contribution in [2.24, 2.45) is 0 Å². The monoisotopic (exact) mass is 158 g/mol. The lowest BCUT2D eigenvalue weighted by atomic mass is 10.3. The zero-order chi connectivity index (χ0) is 8.69. The molecule has 0 aromatic carbocycles. The third-order valence-electron chi connectivity index (χ3n) is 1.11. The average molecular weight is 158 g/mol. The molecular formula is C7H14N2O2. The first-order chi connectivity index (χ1) is 5.20. The number of urea groups is 1. The molecule has 0 aliphatic rings.